The molecule has 3 heteroatoms. The summed E-state index contributed by atoms with van der Waals surface area (Å²) in [5, 5.41) is 4.47. The van der Waals surface area contributed by atoms with Crippen molar-refractivity contribution >= 4 is 11.6 Å². The maximum atomic E-state index is 12.5. The highest BCUT2D eigenvalue weighted by molar-refractivity contribution is 6.13. The van der Waals surface area contributed by atoms with Gasteiger partial charge in [-0.1, -0.05) is 91.0 Å². The minimum absolute atomic E-state index is 0.00828. The van der Waals surface area contributed by atoms with Crippen molar-refractivity contribution in [2.75, 3.05) is 0 Å². The third-order valence-corrected chi connectivity index (χ3v) is 4.73. The number of hydrogen-bond donors (Lipinski definition) is 1. The summed E-state index contributed by atoms with van der Waals surface area (Å²) in [5.74, 6) is 0.306. The molecule has 2 atom stereocenters. The number of nitrogens with one attached hydrogen (secondary N) is 1. The maximum absolute atomic E-state index is 12.5. The highest BCUT2D eigenvalue weighted by Crippen LogP contribution is 2.47. The SMILES string of the molecule is O=C(NN=C(c1ccccc1)c1ccccc1)[C@H]1C[C@@H]1c1ccccc1. The van der Waals surface area contributed by atoms with Crippen LogP contribution < -0.4 is 5.43 Å². The van der Waals surface area contributed by atoms with Crippen molar-refractivity contribution in [3.63, 3.8) is 0 Å². The van der Waals surface area contributed by atoms with E-state index in [0.717, 1.165) is 23.3 Å². The topological polar surface area (TPSA) is 41.5 Å². The smallest absolute Gasteiger partial charge is 0.243 e. The fraction of sp³-hybridized carbons (Fsp3) is 0.130. The Labute approximate surface area is 153 Å². The first kappa shape index (κ1) is 16.3. The van der Waals surface area contributed by atoms with Gasteiger partial charge in [-0.3, -0.25) is 4.79 Å². The van der Waals surface area contributed by atoms with E-state index in [0.29, 0.717) is 5.92 Å². The van der Waals surface area contributed by atoms with Crippen molar-refractivity contribution in [3.05, 3.63) is 108 Å². The van der Waals surface area contributed by atoms with Crippen LogP contribution in [-0.4, -0.2) is 11.6 Å². The van der Waals surface area contributed by atoms with E-state index in [-0.39, 0.29) is 11.8 Å². The van der Waals surface area contributed by atoms with Gasteiger partial charge in [0.25, 0.3) is 0 Å². The first-order chi connectivity index (χ1) is 12.8. The molecule has 1 aliphatic rings. The Morgan fingerprint density at radius 3 is 1.81 bits per heavy atom. The zero-order chi connectivity index (χ0) is 17.8. The molecule has 1 saturated carbocycles. The number of hydrogen-bond acceptors (Lipinski definition) is 2. The lowest BCUT2D eigenvalue weighted by atomic mass is 10.0. The minimum atomic E-state index is -0.0109. The van der Waals surface area contributed by atoms with Gasteiger partial charge in [0.05, 0.1) is 5.71 Å². The van der Waals surface area contributed by atoms with Crippen molar-refractivity contribution < 1.29 is 4.79 Å². The van der Waals surface area contributed by atoms with E-state index in [1.54, 1.807) is 0 Å². The van der Waals surface area contributed by atoms with Crippen molar-refractivity contribution in [1.82, 2.24) is 5.43 Å². The molecule has 0 aliphatic heterocycles. The first-order valence-corrected chi connectivity index (χ1v) is 8.86. The zero-order valence-corrected chi connectivity index (χ0v) is 14.4. The molecule has 1 N–H and O–H groups in total. The molecule has 1 fully saturated rings. The lowest BCUT2D eigenvalue weighted by molar-refractivity contribution is -0.122. The number of carbonyl (C=O) groups excluding carboxylic acids is 1. The largest absolute Gasteiger partial charge is 0.273 e. The molecule has 0 radical (unpaired) electrons. The summed E-state index contributed by atoms with van der Waals surface area (Å²) < 4.78 is 0. The molecule has 0 saturated heterocycles. The van der Waals surface area contributed by atoms with E-state index in [2.05, 4.69) is 22.7 Å². The molecule has 4 rings (SSSR count). The van der Waals surface area contributed by atoms with E-state index in [9.17, 15) is 4.79 Å². The van der Waals surface area contributed by atoms with Gasteiger partial charge in [0.15, 0.2) is 0 Å². The third kappa shape index (κ3) is 3.57. The lowest BCUT2D eigenvalue weighted by Crippen LogP contribution is -2.22. The molecule has 3 aromatic rings. The molecule has 0 heterocycles. The number of nitrogens with zero attached hydrogens (tertiary/aromatic N) is 1. The van der Waals surface area contributed by atoms with Crippen LogP contribution in [0.1, 0.15) is 29.0 Å². The number of rotatable bonds is 5. The zero-order valence-electron chi connectivity index (χ0n) is 14.4. The Morgan fingerprint density at radius 1 is 0.769 bits per heavy atom. The highest BCUT2D eigenvalue weighted by Gasteiger charge is 2.43. The van der Waals surface area contributed by atoms with Crippen molar-refractivity contribution in [1.29, 1.82) is 0 Å². The summed E-state index contributed by atoms with van der Waals surface area (Å²) in [7, 11) is 0. The van der Waals surface area contributed by atoms with Gasteiger partial charge in [-0.25, -0.2) is 5.43 Å². The van der Waals surface area contributed by atoms with Crippen LogP contribution in [0.3, 0.4) is 0 Å². The first-order valence-electron chi connectivity index (χ1n) is 8.86. The lowest BCUT2D eigenvalue weighted by Gasteiger charge is -2.08. The third-order valence-electron chi connectivity index (χ3n) is 4.73. The standard InChI is InChI=1S/C23H20N2O/c26-23(21-16-20(21)17-10-4-1-5-11-17)25-24-22(18-12-6-2-7-13-18)19-14-8-3-9-15-19/h1-15,20-21H,16H2,(H,25,26)/t20-,21+/m1/s1. The van der Waals surface area contributed by atoms with E-state index < -0.39 is 0 Å². The van der Waals surface area contributed by atoms with Gasteiger partial charge in [0, 0.05) is 17.0 Å². The van der Waals surface area contributed by atoms with Crippen LogP contribution >= 0.6 is 0 Å². The summed E-state index contributed by atoms with van der Waals surface area (Å²) in [6.07, 6.45) is 0.886. The van der Waals surface area contributed by atoms with Gasteiger partial charge >= 0.3 is 0 Å². The molecular formula is C23H20N2O. The monoisotopic (exact) mass is 340 g/mol. The van der Waals surface area contributed by atoms with Gasteiger partial charge < -0.3 is 0 Å². The quantitative estimate of drug-likeness (QED) is 0.544. The Hall–Kier alpha value is -3.20. The second kappa shape index (κ2) is 7.36. The van der Waals surface area contributed by atoms with Gasteiger partial charge in [-0.15, -0.1) is 0 Å². The van der Waals surface area contributed by atoms with E-state index >= 15 is 0 Å². The molecule has 3 nitrogen and oxygen atoms in total. The minimum Gasteiger partial charge on any atom is -0.273 e. The number of amides is 1. The average Bonchev–Trinajstić information content (AvgIpc) is 3.51. The molecule has 0 unspecified atom stereocenters. The molecule has 26 heavy (non-hydrogen) atoms. The van der Waals surface area contributed by atoms with Crippen molar-refractivity contribution in [2.24, 2.45) is 11.0 Å². The fourth-order valence-electron chi connectivity index (χ4n) is 3.24. The summed E-state index contributed by atoms with van der Waals surface area (Å²) in [4.78, 5) is 12.5. The number of carbonyl (C=O) groups is 1. The van der Waals surface area contributed by atoms with Crippen LogP contribution in [0.15, 0.2) is 96.1 Å². The maximum Gasteiger partial charge on any atom is 0.243 e. The number of benzene rings is 3. The second-order valence-corrected chi connectivity index (χ2v) is 6.53. The second-order valence-electron chi connectivity index (χ2n) is 6.53. The Morgan fingerprint density at radius 2 is 1.27 bits per heavy atom. The summed E-state index contributed by atoms with van der Waals surface area (Å²) in [6, 6.07) is 30.0. The van der Waals surface area contributed by atoms with Crippen molar-refractivity contribution in [2.45, 2.75) is 12.3 Å². The van der Waals surface area contributed by atoms with Crippen LogP contribution in [0, 0.1) is 5.92 Å². The summed E-state index contributed by atoms with van der Waals surface area (Å²) >= 11 is 0. The molecule has 3 aromatic carbocycles. The van der Waals surface area contributed by atoms with Crippen LogP contribution in [0.25, 0.3) is 0 Å². The average molecular weight is 340 g/mol. The normalized spacial score (nSPS) is 18.0. The predicted molar refractivity (Wildman–Crippen MR) is 104 cm³/mol. The Bertz CT molecular complexity index is 863. The van der Waals surface area contributed by atoms with Gasteiger partial charge in [-0.2, -0.15) is 5.10 Å². The van der Waals surface area contributed by atoms with E-state index in [4.69, 9.17) is 0 Å². The fourth-order valence-corrected chi connectivity index (χ4v) is 3.24. The van der Waals surface area contributed by atoms with Gasteiger partial charge in [-0.05, 0) is 17.9 Å². The molecule has 0 bridgehead atoms. The predicted octanol–water partition coefficient (Wildman–Crippen LogP) is 4.36. The van der Waals surface area contributed by atoms with Crippen LogP contribution in [-0.2, 0) is 4.79 Å². The van der Waals surface area contributed by atoms with Crippen LogP contribution in [0.4, 0.5) is 0 Å². The molecular weight excluding hydrogens is 320 g/mol. The molecule has 1 aliphatic carbocycles. The van der Waals surface area contributed by atoms with Crippen LogP contribution in [0.5, 0.6) is 0 Å². The molecule has 0 spiro atoms. The van der Waals surface area contributed by atoms with Crippen LogP contribution in [0.2, 0.25) is 0 Å². The van der Waals surface area contributed by atoms with E-state index in [1.165, 1.54) is 5.56 Å². The van der Waals surface area contributed by atoms with Gasteiger partial charge in [0.2, 0.25) is 5.91 Å². The van der Waals surface area contributed by atoms with Gasteiger partial charge in [0.1, 0.15) is 0 Å². The number of hydrazone groups is 1. The van der Waals surface area contributed by atoms with Crippen molar-refractivity contribution in [3.8, 4) is 0 Å². The molecule has 1 amide bonds. The summed E-state index contributed by atoms with van der Waals surface area (Å²) in [5.41, 5.74) is 6.75. The Balaban J connectivity index is 1.52. The molecule has 0 aromatic heterocycles. The Kier molecular flexibility index (Phi) is 4.61. The molecule has 128 valence electrons. The summed E-state index contributed by atoms with van der Waals surface area (Å²) in [6.45, 7) is 0. The van der Waals surface area contributed by atoms with E-state index in [1.807, 2.05) is 78.9 Å². The highest BCUT2D eigenvalue weighted by atomic mass is 16.2.